The topological polar surface area (TPSA) is 119 Å². The maximum Gasteiger partial charge on any atom is 0.272 e. The van der Waals surface area contributed by atoms with Gasteiger partial charge in [0.25, 0.3) is 11.8 Å². The summed E-state index contributed by atoms with van der Waals surface area (Å²) in [7, 11) is 3.15. The number of carbonyl (C=O) groups is 3. The smallest absolute Gasteiger partial charge is 0.272 e. The predicted molar refractivity (Wildman–Crippen MR) is 213 cm³/mol. The minimum atomic E-state index is -0.608. The number of hydrogen-bond donors (Lipinski definition) is 3. The van der Waals surface area contributed by atoms with Gasteiger partial charge in [0.1, 0.15) is 10.9 Å². The van der Waals surface area contributed by atoms with Crippen LogP contribution in [-0.4, -0.2) is 36.9 Å². The number of thiazole rings is 1. The number of ether oxygens (including phenoxy) is 2. The molecule has 0 aliphatic carbocycles. The van der Waals surface area contributed by atoms with Crippen molar-refractivity contribution in [1.82, 2.24) is 10.3 Å². The predicted octanol–water partition coefficient (Wildman–Crippen LogP) is 9.36. The van der Waals surface area contributed by atoms with Gasteiger partial charge in [-0.15, -0.1) is 23.1 Å². The van der Waals surface area contributed by atoms with Gasteiger partial charge in [0, 0.05) is 32.1 Å². The molecule has 1 atom stereocenters. The average Bonchev–Trinajstić information content (AvgIpc) is 3.66. The summed E-state index contributed by atoms with van der Waals surface area (Å²) in [5.41, 5.74) is 3.80. The quantitative estimate of drug-likeness (QED) is 0.0793. The molecule has 0 spiro atoms. The van der Waals surface area contributed by atoms with Gasteiger partial charge in [-0.25, -0.2) is 4.98 Å². The second-order valence-electron chi connectivity index (χ2n) is 11.4. The van der Waals surface area contributed by atoms with Gasteiger partial charge in [-0.05, 0) is 77.9 Å². The first-order valence-corrected chi connectivity index (χ1v) is 18.4. The fraction of sp³-hybridized carbons (Fsp3) is 0.0732. The highest BCUT2D eigenvalue weighted by Gasteiger charge is 2.24. The van der Waals surface area contributed by atoms with Gasteiger partial charge in [-0.3, -0.25) is 14.4 Å². The van der Waals surface area contributed by atoms with Gasteiger partial charge < -0.3 is 25.4 Å². The van der Waals surface area contributed by atoms with E-state index in [1.54, 1.807) is 80.9 Å². The van der Waals surface area contributed by atoms with E-state index < -0.39 is 17.1 Å². The molecule has 3 N–H and O–H groups in total. The summed E-state index contributed by atoms with van der Waals surface area (Å²) >= 11 is 9.06. The zero-order valence-corrected chi connectivity index (χ0v) is 30.9. The van der Waals surface area contributed by atoms with Crippen LogP contribution in [0.15, 0.2) is 143 Å². The van der Waals surface area contributed by atoms with E-state index in [4.69, 9.17) is 21.1 Å². The number of nitrogens with one attached hydrogen (secondary N) is 3. The number of halogens is 1. The van der Waals surface area contributed by atoms with E-state index in [2.05, 4.69) is 20.9 Å². The van der Waals surface area contributed by atoms with Crippen LogP contribution in [0.3, 0.4) is 0 Å². The van der Waals surface area contributed by atoms with Crippen molar-refractivity contribution < 1.29 is 23.9 Å². The largest absolute Gasteiger partial charge is 0.493 e. The Morgan fingerprint density at radius 2 is 1.47 bits per heavy atom. The van der Waals surface area contributed by atoms with Crippen LogP contribution in [0.4, 0.5) is 10.8 Å². The summed E-state index contributed by atoms with van der Waals surface area (Å²) in [6.07, 6.45) is 1.53. The van der Waals surface area contributed by atoms with Crippen LogP contribution < -0.4 is 25.4 Å². The SMILES string of the molecule is COc1ccc(-c2csc(NC(=O)C(Sc3ccc(NC(=O)/C(=C/c4ccccc4Cl)NC(=O)c4ccccc4)cc3)c3ccccc3)n2)cc1OC. The second-order valence-corrected chi connectivity index (χ2v) is 13.8. The molecule has 0 saturated heterocycles. The number of anilines is 2. The molecule has 53 heavy (non-hydrogen) atoms. The van der Waals surface area contributed by atoms with Gasteiger partial charge in [0.2, 0.25) is 5.91 Å². The number of amides is 3. The van der Waals surface area contributed by atoms with E-state index in [1.807, 2.05) is 66.0 Å². The first-order chi connectivity index (χ1) is 25.8. The molecular formula is C41H33ClN4O5S2. The summed E-state index contributed by atoms with van der Waals surface area (Å²) in [4.78, 5) is 45.8. The molecule has 0 radical (unpaired) electrons. The van der Waals surface area contributed by atoms with Crippen LogP contribution in [0.2, 0.25) is 5.02 Å². The molecule has 0 fully saturated rings. The summed E-state index contributed by atoms with van der Waals surface area (Å²) < 4.78 is 10.8. The lowest BCUT2D eigenvalue weighted by atomic mass is 10.1. The van der Waals surface area contributed by atoms with Crippen LogP contribution >= 0.6 is 34.7 Å². The summed E-state index contributed by atoms with van der Waals surface area (Å²) in [5.74, 6) is -0.0210. The second kappa shape index (κ2) is 17.6. The lowest BCUT2D eigenvalue weighted by molar-refractivity contribution is -0.116. The van der Waals surface area contributed by atoms with E-state index in [0.717, 1.165) is 16.0 Å². The molecule has 6 aromatic rings. The van der Waals surface area contributed by atoms with E-state index in [0.29, 0.717) is 44.2 Å². The molecule has 9 nitrogen and oxygen atoms in total. The molecule has 1 aromatic heterocycles. The fourth-order valence-corrected chi connectivity index (χ4v) is 7.11. The highest BCUT2D eigenvalue weighted by atomic mass is 35.5. The average molecular weight is 761 g/mol. The van der Waals surface area contributed by atoms with Crippen molar-refractivity contribution in [2.75, 3.05) is 24.9 Å². The lowest BCUT2D eigenvalue weighted by Crippen LogP contribution is -2.30. The number of benzene rings is 5. The van der Waals surface area contributed by atoms with Crippen LogP contribution in [0, 0.1) is 0 Å². The number of nitrogens with zero attached hydrogens (tertiary/aromatic N) is 1. The molecule has 12 heteroatoms. The number of carbonyl (C=O) groups excluding carboxylic acids is 3. The summed E-state index contributed by atoms with van der Waals surface area (Å²) in [6.45, 7) is 0. The van der Waals surface area contributed by atoms with Crippen molar-refractivity contribution in [1.29, 1.82) is 0 Å². The van der Waals surface area contributed by atoms with Crippen molar-refractivity contribution in [3.63, 3.8) is 0 Å². The van der Waals surface area contributed by atoms with Crippen molar-refractivity contribution >= 4 is 69.3 Å². The Kier molecular flexibility index (Phi) is 12.2. The number of aromatic nitrogens is 1. The molecule has 0 aliphatic heterocycles. The maximum absolute atomic E-state index is 13.8. The van der Waals surface area contributed by atoms with Gasteiger partial charge in [-0.2, -0.15) is 0 Å². The molecular weight excluding hydrogens is 728 g/mol. The Balaban J connectivity index is 1.17. The van der Waals surface area contributed by atoms with Crippen molar-refractivity contribution in [2.24, 2.45) is 0 Å². The maximum atomic E-state index is 13.8. The van der Waals surface area contributed by atoms with E-state index >= 15 is 0 Å². The van der Waals surface area contributed by atoms with Crippen LogP contribution in [0.1, 0.15) is 26.7 Å². The number of methoxy groups -OCH3 is 2. The van der Waals surface area contributed by atoms with Crippen LogP contribution in [0.25, 0.3) is 17.3 Å². The Bertz CT molecular complexity index is 2250. The molecule has 6 rings (SSSR count). The third kappa shape index (κ3) is 9.52. The van der Waals surface area contributed by atoms with E-state index in [9.17, 15) is 14.4 Å². The molecule has 3 amide bonds. The highest BCUT2D eigenvalue weighted by molar-refractivity contribution is 8.00. The monoisotopic (exact) mass is 760 g/mol. The number of rotatable bonds is 13. The minimum Gasteiger partial charge on any atom is -0.493 e. The molecule has 5 aromatic carbocycles. The minimum absolute atomic E-state index is 0.0164. The summed E-state index contributed by atoms with van der Waals surface area (Å²) in [5, 5.41) is 10.7. The van der Waals surface area contributed by atoms with Crippen molar-refractivity contribution in [3.05, 3.63) is 160 Å². The normalized spacial score (nSPS) is 11.6. The third-order valence-electron chi connectivity index (χ3n) is 7.85. The summed E-state index contributed by atoms with van der Waals surface area (Å²) in [6, 6.07) is 37.8. The Morgan fingerprint density at radius 3 is 2.17 bits per heavy atom. The highest BCUT2D eigenvalue weighted by Crippen LogP contribution is 2.38. The molecule has 0 saturated carbocycles. The van der Waals surface area contributed by atoms with E-state index in [-0.39, 0.29) is 11.6 Å². The first kappa shape index (κ1) is 36.9. The molecule has 266 valence electrons. The lowest BCUT2D eigenvalue weighted by Gasteiger charge is -2.17. The van der Waals surface area contributed by atoms with Gasteiger partial charge >= 0.3 is 0 Å². The van der Waals surface area contributed by atoms with Crippen LogP contribution in [-0.2, 0) is 9.59 Å². The molecule has 0 bridgehead atoms. The van der Waals surface area contributed by atoms with Gasteiger partial charge in [0.05, 0.1) is 19.9 Å². The zero-order valence-electron chi connectivity index (χ0n) is 28.5. The third-order valence-corrected chi connectivity index (χ3v) is 10.2. The van der Waals surface area contributed by atoms with E-state index in [1.165, 1.54) is 29.2 Å². The standard InChI is InChI=1S/C41H33ClN4O5S2/c1-50-35-22-17-29(24-36(35)51-2)34-25-52-41(45-34)46-40(49)37(26-11-5-3-6-12-26)53-31-20-18-30(19-21-31)43-39(48)33(23-28-15-9-10-16-32(28)42)44-38(47)27-13-7-4-8-14-27/h3-25,37H,1-2H3,(H,43,48)(H,44,47)(H,45,46,49)/b33-23-. The Labute approximate surface area is 320 Å². The van der Waals surface area contributed by atoms with Gasteiger partial charge in [0.15, 0.2) is 16.6 Å². The molecule has 1 unspecified atom stereocenters. The molecule has 1 heterocycles. The van der Waals surface area contributed by atoms with Gasteiger partial charge in [-0.1, -0.05) is 78.3 Å². The Hall–Kier alpha value is -5.88. The zero-order chi connectivity index (χ0) is 37.2. The van der Waals surface area contributed by atoms with Crippen LogP contribution in [0.5, 0.6) is 11.5 Å². The Morgan fingerprint density at radius 1 is 0.792 bits per heavy atom. The van der Waals surface area contributed by atoms with Crippen molar-refractivity contribution in [2.45, 2.75) is 10.1 Å². The molecule has 0 aliphatic rings. The first-order valence-electron chi connectivity index (χ1n) is 16.3. The fourth-order valence-electron chi connectivity index (χ4n) is 5.17. The number of hydrogen-bond acceptors (Lipinski definition) is 8. The van der Waals surface area contributed by atoms with Crippen molar-refractivity contribution in [3.8, 4) is 22.8 Å². The number of thioether (sulfide) groups is 1.